The van der Waals surface area contributed by atoms with Crippen molar-refractivity contribution in [1.82, 2.24) is 29.6 Å². The van der Waals surface area contributed by atoms with Crippen molar-refractivity contribution in [3.8, 4) is 11.3 Å². The summed E-state index contributed by atoms with van der Waals surface area (Å²) in [6.45, 7) is 4.96. The van der Waals surface area contributed by atoms with Gasteiger partial charge in [0.1, 0.15) is 11.2 Å². The SMILES string of the molecule is CS(=O)(=O)c1ccc(Nc2nc(-c3cnn(CCN4CCOCC4)c3)cc3nc[nH]c(=O)c23)cc1. The Morgan fingerprint density at radius 2 is 1.91 bits per heavy atom. The first-order valence-electron chi connectivity index (χ1n) is 11.2. The molecule has 0 radical (unpaired) electrons. The van der Waals surface area contributed by atoms with Crippen LogP contribution in [0.25, 0.3) is 22.2 Å². The zero-order valence-electron chi connectivity index (χ0n) is 19.1. The zero-order valence-corrected chi connectivity index (χ0v) is 20.0. The molecule has 1 fully saturated rings. The van der Waals surface area contributed by atoms with Crippen LogP contribution in [0.15, 0.2) is 58.7 Å². The van der Waals surface area contributed by atoms with Gasteiger partial charge < -0.3 is 15.0 Å². The summed E-state index contributed by atoms with van der Waals surface area (Å²) in [6.07, 6.45) is 6.17. The number of sulfone groups is 1. The summed E-state index contributed by atoms with van der Waals surface area (Å²) in [6, 6.07) is 8.02. The van der Waals surface area contributed by atoms with Crippen molar-refractivity contribution in [3.63, 3.8) is 0 Å². The number of hydrogen-bond donors (Lipinski definition) is 2. The maximum absolute atomic E-state index is 12.6. The highest BCUT2D eigenvalue weighted by atomic mass is 32.2. The van der Waals surface area contributed by atoms with Crippen LogP contribution in [0, 0.1) is 0 Å². The first-order valence-corrected chi connectivity index (χ1v) is 13.0. The van der Waals surface area contributed by atoms with Gasteiger partial charge in [0, 0.05) is 43.3 Å². The lowest BCUT2D eigenvalue weighted by molar-refractivity contribution is 0.0360. The van der Waals surface area contributed by atoms with Crippen LogP contribution in [0.1, 0.15) is 0 Å². The predicted octanol–water partition coefficient (Wildman–Crippen LogP) is 1.66. The minimum Gasteiger partial charge on any atom is -0.379 e. The Morgan fingerprint density at radius 3 is 2.66 bits per heavy atom. The number of morpholine rings is 1. The van der Waals surface area contributed by atoms with E-state index in [1.54, 1.807) is 24.4 Å². The Bertz CT molecular complexity index is 1510. The number of pyridine rings is 1. The second-order valence-corrected chi connectivity index (χ2v) is 10.4. The third-order valence-corrected chi connectivity index (χ3v) is 6.98. The number of benzene rings is 1. The average Bonchev–Trinajstić information content (AvgIpc) is 3.32. The molecule has 2 N–H and O–H groups in total. The molecule has 12 heteroatoms. The molecule has 11 nitrogen and oxygen atoms in total. The molecule has 0 atom stereocenters. The van der Waals surface area contributed by atoms with Crippen molar-refractivity contribution in [1.29, 1.82) is 0 Å². The van der Waals surface area contributed by atoms with Crippen molar-refractivity contribution in [2.24, 2.45) is 0 Å². The molecule has 1 aromatic carbocycles. The molecule has 0 spiro atoms. The largest absolute Gasteiger partial charge is 0.379 e. The third kappa shape index (κ3) is 5.24. The van der Waals surface area contributed by atoms with Crippen LogP contribution in [0.4, 0.5) is 11.5 Å². The van der Waals surface area contributed by atoms with E-state index in [1.807, 2.05) is 10.9 Å². The molecule has 0 aliphatic carbocycles. The molecule has 5 rings (SSSR count). The van der Waals surface area contributed by atoms with Gasteiger partial charge in [0.2, 0.25) is 0 Å². The van der Waals surface area contributed by atoms with Gasteiger partial charge in [-0.15, -0.1) is 0 Å². The Morgan fingerprint density at radius 1 is 1.14 bits per heavy atom. The molecular weight excluding hydrogens is 470 g/mol. The van der Waals surface area contributed by atoms with Gasteiger partial charge in [-0.2, -0.15) is 5.10 Å². The van der Waals surface area contributed by atoms with E-state index in [-0.39, 0.29) is 10.5 Å². The molecule has 182 valence electrons. The fourth-order valence-corrected chi connectivity index (χ4v) is 4.57. The molecule has 0 saturated carbocycles. The highest BCUT2D eigenvalue weighted by Gasteiger charge is 2.15. The van der Waals surface area contributed by atoms with E-state index in [0.29, 0.717) is 28.1 Å². The number of aromatic nitrogens is 5. The summed E-state index contributed by atoms with van der Waals surface area (Å²) in [7, 11) is -3.31. The third-order valence-electron chi connectivity index (χ3n) is 5.85. The Balaban J connectivity index is 1.44. The normalized spacial score (nSPS) is 14.9. The van der Waals surface area contributed by atoms with E-state index in [0.717, 1.165) is 51.2 Å². The number of nitrogens with one attached hydrogen (secondary N) is 2. The highest BCUT2D eigenvalue weighted by molar-refractivity contribution is 7.90. The summed E-state index contributed by atoms with van der Waals surface area (Å²) in [5.74, 6) is 0.319. The lowest BCUT2D eigenvalue weighted by Gasteiger charge is -2.26. The predicted molar refractivity (Wildman–Crippen MR) is 131 cm³/mol. The van der Waals surface area contributed by atoms with Gasteiger partial charge in [0.25, 0.3) is 5.56 Å². The van der Waals surface area contributed by atoms with Gasteiger partial charge in [-0.1, -0.05) is 0 Å². The van der Waals surface area contributed by atoms with Crippen molar-refractivity contribution >= 4 is 32.2 Å². The molecule has 4 heterocycles. The van der Waals surface area contributed by atoms with E-state index >= 15 is 0 Å². The topological polar surface area (TPSA) is 135 Å². The minimum atomic E-state index is -3.31. The van der Waals surface area contributed by atoms with Gasteiger partial charge in [-0.3, -0.25) is 14.4 Å². The number of fused-ring (bicyclic) bond motifs is 1. The second kappa shape index (κ2) is 9.56. The fraction of sp³-hybridized carbons (Fsp3) is 0.304. The first kappa shape index (κ1) is 23.1. The molecule has 3 aromatic heterocycles. The van der Waals surface area contributed by atoms with Crippen LogP contribution in [-0.4, -0.2) is 77.2 Å². The van der Waals surface area contributed by atoms with Gasteiger partial charge in [0.15, 0.2) is 9.84 Å². The van der Waals surface area contributed by atoms with E-state index in [1.165, 1.54) is 18.5 Å². The lowest BCUT2D eigenvalue weighted by Crippen LogP contribution is -2.38. The molecule has 0 amide bonds. The molecule has 1 aliphatic rings. The molecule has 0 unspecified atom stereocenters. The fourth-order valence-electron chi connectivity index (χ4n) is 3.94. The van der Waals surface area contributed by atoms with Crippen molar-refractivity contribution in [2.75, 3.05) is 44.4 Å². The van der Waals surface area contributed by atoms with E-state index in [2.05, 4.69) is 25.3 Å². The maximum Gasteiger partial charge on any atom is 0.262 e. The molecule has 4 aromatic rings. The molecule has 1 aliphatic heterocycles. The van der Waals surface area contributed by atoms with E-state index in [9.17, 15) is 13.2 Å². The van der Waals surface area contributed by atoms with Gasteiger partial charge >= 0.3 is 0 Å². The number of nitrogens with zero attached hydrogens (tertiary/aromatic N) is 5. The van der Waals surface area contributed by atoms with E-state index in [4.69, 9.17) is 9.72 Å². The summed E-state index contributed by atoms with van der Waals surface area (Å²) in [5, 5.41) is 7.92. The minimum absolute atomic E-state index is 0.207. The highest BCUT2D eigenvalue weighted by Crippen LogP contribution is 2.27. The standard InChI is InChI=1S/C23H25N7O4S/c1-35(32,33)18-4-2-17(3-5-18)27-22-21-20(24-15-25-23(21)31)12-19(28-22)16-13-26-30(14-16)7-6-29-8-10-34-11-9-29/h2-5,12-15H,6-11H2,1H3,(H,27,28)(H,24,25,31). The molecule has 0 bridgehead atoms. The van der Waals surface area contributed by atoms with Gasteiger partial charge in [0.05, 0.1) is 48.4 Å². The average molecular weight is 496 g/mol. The number of ether oxygens (including phenoxy) is 1. The Hall–Kier alpha value is -3.61. The smallest absolute Gasteiger partial charge is 0.262 e. The number of rotatable bonds is 7. The lowest BCUT2D eigenvalue weighted by atomic mass is 10.2. The quantitative estimate of drug-likeness (QED) is 0.392. The van der Waals surface area contributed by atoms with Crippen molar-refractivity contribution in [3.05, 3.63) is 59.4 Å². The summed E-state index contributed by atoms with van der Waals surface area (Å²) >= 11 is 0. The number of aromatic amines is 1. The Kier molecular flexibility index (Phi) is 6.32. The van der Waals surface area contributed by atoms with Crippen LogP contribution in [0.5, 0.6) is 0 Å². The first-order chi connectivity index (χ1) is 16.9. The number of anilines is 2. The van der Waals surface area contributed by atoms with Crippen molar-refractivity contribution < 1.29 is 13.2 Å². The van der Waals surface area contributed by atoms with Crippen molar-refractivity contribution in [2.45, 2.75) is 11.4 Å². The molecule has 35 heavy (non-hydrogen) atoms. The summed E-state index contributed by atoms with van der Waals surface area (Å²) < 4.78 is 30.8. The number of H-pyrrole nitrogens is 1. The monoisotopic (exact) mass is 495 g/mol. The van der Waals surface area contributed by atoms with Crippen LogP contribution in [0.3, 0.4) is 0 Å². The molecule has 1 saturated heterocycles. The van der Waals surface area contributed by atoms with Crippen LogP contribution >= 0.6 is 0 Å². The summed E-state index contributed by atoms with van der Waals surface area (Å²) in [5.41, 5.74) is 2.16. The zero-order chi connectivity index (χ0) is 24.4. The van der Waals surface area contributed by atoms with Gasteiger partial charge in [-0.05, 0) is 30.3 Å². The van der Waals surface area contributed by atoms with Crippen LogP contribution in [-0.2, 0) is 21.1 Å². The number of hydrogen-bond acceptors (Lipinski definition) is 9. The molecular formula is C23H25N7O4S. The van der Waals surface area contributed by atoms with Gasteiger partial charge in [-0.25, -0.2) is 18.4 Å². The van der Waals surface area contributed by atoms with Crippen LogP contribution < -0.4 is 10.9 Å². The maximum atomic E-state index is 12.6. The Labute approximate surface area is 201 Å². The van der Waals surface area contributed by atoms with Crippen LogP contribution in [0.2, 0.25) is 0 Å². The second-order valence-electron chi connectivity index (χ2n) is 8.35. The summed E-state index contributed by atoms with van der Waals surface area (Å²) in [4.78, 5) is 26.7. The van der Waals surface area contributed by atoms with E-state index < -0.39 is 9.84 Å².